The van der Waals surface area contributed by atoms with Crippen LogP contribution in [0.5, 0.6) is 11.5 Å². The van der Waals surface area contributed by atoms with Gasteiger partial charge < -0.3 is 19.8 Å². The van der Waals surface area contributed by atoms with Crippen LogP contribution in [0.2, 0.25) is 0 Å². The monoisotopic (exact) mass is 498 g/mol. The Labute approximate surface area is 193 Å². The number of hydrogen-bond donors (Lipinski definition) is 2. The number of thiazole rings is 1. The zero-order valence-electron chi connectivity index (χ0n) is 17.6. The summed E-state index contributed by atoms with van der Waals surface area (Å²) >= 11 is 1.06. The van der Waals surface area contributed by atoms with Gasteiger partial charge in [-0.3, -0.25) is 14.5 Å². The zero-order chi connectivity index (χ0) is 24.3. The van der Waals surface area contributed by atoms with Gasteiger partial charge in [0.25, 0.3) is 5.92 Å². The highest BCUT2D eigenvalue weighted by Crippen LogP contribution is 2.45. The first-order valence-corrected chi connectivity index (χ1v) is 11.1. The number of anilines is 1. The lowest BCUT2D eigenvalue weighted by Crippen LogP contribution is -2.52. The second kappa shape index (κ2) is 7.94. The van der Waals surface area contributed by atoms with Gasteiger partial charge >= 0.3 is 6.29 Å². The number of piperidine rings is 1. The molecule has 180 valence electrons. The third-order valence-corrected chi connectivity index (χ3v) is 6.87. The van der Waals surface area contributed by atoms with Crippen LogP contribution in [0.15, 0.2) is 35.3 Å². The van der Waals surface area contributed by atoms with Crippen LogP contribution in [0, 0.1) is 0 Å². The van der Waals surface area contributed by atoms with E-state index in [1.54, 1.807) is 11.8 Å². The van der Waals surface area contributed by atoms with E-state index in [0.29, 0.717) is 10.2 Å². The molecule has 1 fully saturated rings. The summed E-state index contributed by atoms with van der Waals surface area (Å²) in [6.07, 6.45) is -2.90. The topological polar surface area (TPSA) is 96.6 Å². The third-order valence-electron chi connectivity index (χ3n) is 5.94. The standard InChI is InChI=1S/C21H18F4N4O4S/c1-10(29-5-4-20(22,23)12(9-29)11-2-3-17(30)26-8-11)18(31)28-19-27-13-6-14-15(7-16(13)34-19)33-21(24,25)32-14/h2-3,6-8,10,12H,4-5,9H2,1H3,(H,26,30)(H,27,28,31)/t10-,12-/m0/s1. The van der Waals surface area contributed by atoms with E-state index in [1.807, 2.05) is 0 Å². The summed E-state index contributed by atoms with van der Waals surface area (Å²) in [6.45, 7) is 1.54. The Hall–Kier alpha value is -3.19. The molecule has 0 radical (unpaired) electrons. The molecule has 0 saturated carbocycles. The van der Waals surface area contributed by atoms with E-state index in [1.165, 1.54) is 30.5 Å². The van der Waals surface area contributed by atoms with Crippen molar-refractivity contribution in [3.63, 3.8) is 0 Å². The lowest BCUT2D eigenvalue weighted by Gasteiger charge is -2.40. The number of benzene rings is 1. The predicted molar refractivity (Wildman–Crippen MR) is 115 cm³/mol. The number of halogens is 4. The number of likely N-dealkylation sites (tertiary alicyclic amines) is 1. The Morgan fingerprint density at radius 2 is 2.00 bits per heavy atom. The quantitative estimate of drug-likeness (QED) is 0.532. The first-order chi connectivity index (χ1) is 16.0. The molecule has 1 saturated heterocycles. The Balaban J connectivity index is 1.30. The van der Waals surface area contributed by atoms with Crippen LogP contribution in [0.25, 0.3) is 10.2 Å². The van der Waals surface area contributed by atoms with Crippen LogP contribution >= 0.6 is 11.3 Å². The van der Waals surface area contributed by atoms with E-state index in [4.69, 9.17) is 0 Å². The van der Waals surface area contributed by atoms with Crippen molar-refractivity contribution in [3.05, 3.63) is 46.4 Å². The predicted octanol–water partition coefficient (Wildman–Crippen LogP) is 3.76. The van der Waals surface area contributed by atoms with Gasteiger partial charge in [-0.15, -0.1) is 8.78 Å². The number of fused-ring (bicyclic) bond motifs is 2. The Morgan fingerprint density at radius 3 is 2.71 bits per heavy atom. The molecule has 34 heavy (non-hydrogen) atoms. The molecular weight excluding hydrogens is 480 g/mol. The molecule has 2 aliphatic rings. The summed E-state index contributed by atoms with van der Waals surface area (Å²) in [6, 6.07) is 4.46. The fourth-order valence-electron chi connectivity index (χ4n) is 4.07. The number of rotatable bonds is 4. The fraction of sp³-hybridized carbons (Fsp3) is 0.381. The van der Waals surface area contributed by atoms with Crippen molar-refractivity contribution < 1.29 is 31.8 Å². The van der Waals surface area contributed by atoms with Crippen LogP contribution in [0.4, 0.5) is 22.7 Å². The van der Waals surface area contributed by atoms with Crippen LogP contribution in [0.1, 0.15) is 24.8 Å². The molecule has 2 atom stereocenters. The average Bonchev–Trinajstić information content (AvgIpc) is 3.28. The van der Waals surface area contributed by atoms with Crippen molar-refractivity contribution in [2.75, 3.05) is 18.4 Å². The SMILES string of the molecule is C[C@@H](C(=O)Nc1nc2cc3c(cc2s1)OC(F)(F)O3)N1CCC(F)(F)[C@H](c2ccc(=O)[nH]c2)C1. The summed E-state index contributed by atoms with van der Waals surface area (Å²) in [4.78, 5) is 32.4. The molecule has 5 rings (SSSR count). The van der Waals surface area contributed by atoms with Crippen LogP contribution in [-0.4, -0.2) is 52.1 Å². The van der Waals surface area contributed by atoms with Gasteiger partial charge in [0, 0.05) is 43.9 Å². The number of aromatic amines is 1. The third kappa shape index (κ3) is 4.20. The number of alkyl halides is 4. The molecule has 0 bridgehead atoms. The number of ether oxygens (including phenoxy) is 2. The number of aromatic nitrogens is 2. The molecule has 13 heteroatoms. The smallest absolute Gasteiger partial charge is 0.395 e. The summed E-state index contributed by atoms with van der Waals surface area (Å²) < 4.78 is 65.0. The number of nitrogens with one attached hydrogen (secondary N) is 2. The van der Waals surface area contributed by atoms with Crippen molar-refractivity contribution in [1.82, 2.24) is 14.9 Å². The van der Waals surface area contributed by atoms with Gasteiger partial charge in [-0.25, -0.2) is 13.8 Å². The van der Waals surface area contributed by atoms with Gasteiger partial charge in [-0.1, -0.05) is 17.4 Å². The molecule has 4 heterocycles. The fourth-order valence-corrected chi connectivity index (χ4v) is 4.95. The number of H-pyrrole nitrogens is 1. The average molecular weight is 498 g/mol. The van der Waals surface area contributed by atoms with Crippen molar-refractivity contribution in [1.29, 1.82) is 0 Å². The number of nitrogens with zero attached hydrogens (tertiary/aromatic N) is 2. The molecule has 2 aliphatic heterocycles. The maximum Gasteiger partial charge on any atom is 0.586 e. The minimum Gasteiger partial charge on any atom is -0.395 e. The lowest BCUT2D eigenvalue weighted by molar-refractivity contribution is -0.286. The van der Waals surface area contributed by atoms with E-state index in [-0.39, 0.29) is 40.8 Å². The van der Waals surface area contributed by atoms with Crippen LogP contribution in [-0.2, 0) is 4.79 Å². The van der Waals surface area contributed by atoms with Gasteiger partial charge in [0.15, 0.2) is 16.6 Å². The molecule has 2 aromatic heterocycles. The van der Waals surface area contributed by atoms with Gasteiger partial charge in [0.2, 0.25) is 11.5 Å². The molecule has 0 aliphatic carbocycles. The van der Waals surface area contributed by atoms with E-state index < -0.39 is 36.5 Å². The zero-order valence-corrected chi connectivity index (χ0v) is 18.4. The Bertz CT molecular complexity index is 1260. The van der Waals surface area contributed by atoms with Gasteiger partial charge in [0.05, 0.1) is 22.2 Å². The first-order valence-electron chi connectivity index (χ1n) is 10.3. The van der Waals surface area contributed by atoms with E-state index in [2.05, 4.69) is 24.8 Å². The number of hydrogen-bond acceptors (Lipinski definition) is 7. The number of pyridine rings is 1. The van der Waals surface area contributed by atoms with Crippen LogP contribution in [0.3, 0.4) is 0 Å². The molecule has 1 amide bonds. The molecule has 2 N–H and O–H groups in total. The highest BCUT2D eigenvalue weighted by atomic mass is 32.1. The molecule has 8 nitrogen and oxygen atoms in total. The highest BCUT2D eigenvalue weighted by Gasteiger charge is 2.46. The summed E-state index contributed by atoms with van der Waals surface area (Å²) in [5, 5.41) is 2.89. The van der Waals surface area contributed by atoms with Crippen molar-refractivity contribution in [2.45, 2.75) is 37.5 Å². The van der Waals surface area contributed by atoms with Crippen molar-refractivity contribution >= 4 is 32.6 Å². The minimum absolute atomic E-state index is 0.0108. The van der Waals surface area contributed by atoms with E-state index >= 15 is 0 Å². The summed E-state index contributed by atoms with van der Waals surface area (Å²) in [5.74, 6) is -4.90. The Morgan fingerprint density at radius 1 is 1.26 bits per heavy atom. The van der Waals surface area contributed by atoms with E-state index in [0.717, 1.165) is 11.3 Å². The number of amides is 1. The molecule has 0 unspecified atom stereocenters. The van der Waals surface area contributed by atoms with Crippen molar-refractivity contribution in [2.24, 2.45) is 0 Å². The van der Waals surface area contributed by atoms with Gasteiger partial charge in [-0.2, -0.15) is 0 Å². The maximum atomic E-state index is 14.6. The van der Waals surface area contributed by atoms with Gasteiger partial charge in [-0.05, 0) is 12.5 Å². The Kier molecular flexibility index (Phi) is 5.28. The second-order valence-electron chi connectivity index (χ2n) is 8.16. The number of carbonyl (C=O) groups excluding carboxylic acids is 1. The normalized spacial score (nSPS) is 22.0. The molecule has 1 aromatic carbocycles. The highest BCUT2D eigenvalue weighted by molar-refractivity contribution is 7.22. The summed E-state index contributed by atoms with van der Waals surface area (Å²) in [7, 11) is 0. The van der Waals surface area contributed by atoms with Crippen LogP contribution < -0.4 is 20.3 Å². The minimum atomic E-state index is -3.74. The van der Waals surface area contributed by atoms with E-state index in [9.17, 15) is 27.2 Å². The molecular formula is C21H18F4N4O4S. The lowest BCUT2D eigenvalue weighted by atomic mass is 9.87. The number of carbonyl (C=O) groups is 1. The maximum absolute atomic E-state index is 14.6. The molecule has 3 aromatic rings. The first kappa shape index (κ1) is 22.6. The van der Waals surface area contributed by atoms with Crippen molar-refractivity contribution in [3.8, 4) is 11.5 Å². The summed E-state index contributed by atoms with van der Waals surface area (Å²) in [5.41, 5.74) is 0.236. The molecule has 0 spiro atoms. The van der Waals surface area contributed by atoms with Gasteiger partial charge in [0.1, 0.15) is 0 Å². The second-order valence-corrected chi connectivity index (χ2v) is 9.19. The largest absolute Gasteiger partial charge is 0.586 e.